The first-order chi connectivity index (χ1) is 9.57. The maximum atomic E-state index is 11.7. The van der Waals surface area contributed by atoms with E-state index in [-0.39, 0.29) is 5.16 Å². The molecule has 0 radical (unpaired) electrons. The third-order valence-corrected chi connectivity index (χ3v) is 4.10. The molecule has 2 N–H and O–H groups in total. The summed E-state index contributed by atoms with van der Waals surface area (Å²) in [4.78, 5) is 4.67. The van der Waals surface area contributed by atoms with Crippen molar-refractivity contribution in [2.45, 2.75) is 5.16 Å². The second kappa shape index (κ2) is 4.78. The Morgan fingerprint density at radius 2 is 1.90 bits per heavy atom. The van der Waals surface area contributed by atoms with Crippen LogP contribution in [0, 0.1) is 0 Å². The molecule has 102 valence electrons. The van der Waals surface area contributed by atoms with E-state index in [4.69, 9.17) is 5.14 Å². The number of sulfonamides is 1. The summed E-state index contributed by atoms with van der Waals surface area (Å²) in [5.41, 5.74) is 2.25. The van der Waals surface area contributed by atoms with Crippen LogP contribution in [0.5, 0.6) is 0 Å². The third kappa shape index (κ3) is 2.22. The molecule has 20 heavy (non-hydrogen) atoms. The number of primary sulfonamides is 1. The van der Waals surface area contributed by atoms with E-state index in [0.29, 0.717) is 16.4 Å². The molecule has 2 aromatic heterocycles. The van der Waals surface area contributed by atoms with E-state index < -0.39 is 10.0 Å². The van der Waals surface area contributed by atoms with Crippen molar-refractivity contribution in [3.05, 3.63) is 42.0 Å². The van der Waals surface area contributed by atoms with E-state index in [1.807, 2.05) is 6.07 Å². The van der Waals surface area contributed by atoms with Crippen LogP contribution in [-0.4, -0.2) is 28.2 Å². The molecule has 0 aliphatic rings. The summed E-state index contributed by atoms with van der Waals surface area (Å²) in [5, 5.41) is 12.5. The van der Waals surface area contributed by atoms with Crippen molar-refractivity contribution in [1.82, 2.24) is 19.7 Å². The molecule has 9 heteroatoms. The van der Waals surface area contributed by atoms with Crippen LogP contribution in [-0.2, 0) is 10.0 Å². The van der Waals surface area contributed by atoms with E-state index in [0.717, 1.165) is 0 Å². The van der Waals surface area contributed by atoms with Gasteiger partial charge >= 0.3 is 0 Å². The summed E-state index contributed by atoms with van der Waals surface area (Å²) in [5.74, 6) is 0.391. The van der Waals surface area contributed by atoms with Gasteiger partial charge in [-0.2, -0.15) is 0 Å². The van der Waals surface area contributed by atoms with E-state index in [2.05, 4.69) is 15.2 Å². The molecule has 3 aromatic rings. The van der Waals surface area contributed by atoms with Gasteiger partial charge in [0.15, 0.2) is 5.82 Å². The highest BCUT2D eigenvalue weighted by Crippen LogP contribution is 2.26. The normalized spacial score (nSPS) is 11.7. The van der Waals surface area contributed by atoms with Crippen molar-refractivity contribution in [3.8, 4) is 16.4 Å². The van der Waals surface area contributed by atoms with Crippen molar-refractivity contribution in [2.75, 3.05) is 0 Å². The molecule has 0 fully saturated rings. The standard InChI is InChI=1S/C11H9N5O2S2/c12-20(17,18)11-15-14-10(9-6-13-7-19-9)16(11)8-4-2-1-3-5-8/h1-7H,(H2,12,17,18). The topological polar surface area (TPSA) is 104 Å². The minimum atomic E-state index is -3.98. The largest absolute Gasteiger partial charge is 0.274 e. The number of thiazole rings is 1. The SMILES string of the molecule is NS(=O)(=O)c1nnc(-c2cncs2)n1-c1ccccc1. The van der Waals surface area contributed by atoms with Crippen LogP contribution < -0.4 is 5.14 Å². The van der Waals surface area contributed by atoms with E-state index in [9.17, 15) is 8.42 Å². The van der Waals surface area contributed by atoms with Gasteiger partial charge in [-0.15, -0.1) is 21.5 Å². The zero-order valence-corrected chi connectivity index (χ0v) is 11.7. The predicted octanol–water partition coefficient (Wildman–Crippen LogP) is 1.04. The molecular formula is C11H9N5O2S2. The fourth-order valence-corrected chi connectivity index (χ4v) is 2.95. The zero-order valence-electron chi connectivity index (χ0n) is 10.0. The second-order valence-electron chi connectivity index (χ2n) is 3.89. The minimum Gasteiger partial charge on any atom is -0.264 e. The number of rotatable bonds is 3. The Hall–Kier alpha value is -2.10. The number of hydrogen-bond acceptors (Lipinski definition) is 6. The molecule has 3 rings (SSSR count). The molecule has 7 nitrogen and oxygen atoms in total. The van der Waals surface area contributed by atoms with Crippen molar-refractivity contribution < 1.29 is 8.42 Å². The van der Waals surface area contributed by atoms with Crippen molar-refractivity contribution in [2.24, 2.45) is 5.14 Å². The number of aromatic nitrogens is 4. The average molecular weight is 307 g/mol. The van der Waals surface area contributed by atoms with E-state index in [1.54, 1.807) is 36.0 Å². The Morgan fingerprint density at radius 1 is 1.15 bits per heavy atom. The summed E-state index contributed by atoms with van der Waals surface area (Å²) >= 11 is 1.34. The number of hydrogen-bond donors (Lipinski definition) is 1. The molecule has 0 amide bonds. The molecular weight excluding hydrogens is 298 g/mol. The van der Waals surface area contributed by atoms with Crippen LogP contribution >= 0.6 is 11.3 Å². The van der Waals surface area contributed by atoms with Gasteiger partial charge in [-0.3, -0.25) is 9.55 Å². The predicted molar refractivity (Wildman–Crippen MR) is 73.8 cm³/mol. The lowest BCUT2D eigenvalue weighted by molar-refractivity contribution is 0.585. The van der Waals surface area contributed by atoms with Crippen molar-refractivity contribution >= 4 is 21.4 Å². The monoisotopic (exact) mass is 307 g/mol. The van der Waals surface area contributed by atoms with E-state index >= 15 is 0 Å². The zero-order chi connectivity index (χ0) is 14.2. The average Bonchev–Trinajstić information content (AvgIpc) is 3.07. The van der Waals surface area contributed by atoms with Crippen LogP contribution in [0.1, 0.15) is 0 Å². The lowest BCUT2D eigenvalue weighted by Crippen LogP contribution is -2.18. The fourth-order valence-electron chi connectivity index (χ4n) is 1.75. The Labute approximate surface area is 118 Å². The maximum Gasteiger partial charge on any atom is 0.274 e. The Morgan fingerprint density at radius 3 is 2.50 bits per heavy atom. The van der Waals surface area contributed by atoms with Crippen LogP contribution in [0.15, 0.2) is 47.2 Å². The first kappa shape index (κ1) is 12.9. The Balaban J connectivity index is 2.31. The molecule has 0 aliphatic carbocycles. The van der Waals surface area contributed by atoms with Crippen LogP contribution in [0.25, 0.3) is 16.4 Å². The molecule has 0 bridgehead atoms. The molecule has 0 aliphatic heterocycles. The van der Waals surface area contributed by atoms with Crippen LogP contribution in [0.2, 0.25) is 0 Å². The van der Waals surface area contributed by atoms with Crippen molar-refractivity contribution in [1.29, 1.82) is 0 Å². The van der Waals surface area contributed by atoms with Gasteiger partial charge in [0.05, 0.1) is 10.4 Å². The van der Waals surface area contributed by atoms with Crippen LogP contribution in [0.4, 0.5) is 0 Å². The van der Waals surface area contributed by atoms with Gasteiger partial charge < -0.3 is 0 Å². The summed E-state index contributed by atoms with van der Waals surface area (Å²) in [6.07, 6.45) is 1.60. The lowest BCUT2D eigenvalue weighted by Gasteiger charge is -2.07. The van der Waals surface area contributed by atoms with Crippen molar-refractivity contribution in [3.63, 3.8) is 0 Å². The van der Waals surface area contributed by atoms with Gasteiger partial charge in [0, 0.05) is 11.9 Å². The highest BCUT2D eigenvalue weighted by Gasteiger charge is 2.23. The number of nitrogens with two attached hydrogens (primary N) is 1. The Bertz CT molecular complexity index is 825. The summed E-state index contributed by atoms with van der Waals surface area (Å²) < 4.78 is 24.7. The number of nitrogens with zero attached hydrogens (tertiary/aromatic N) is 4. The molecule has 2 heterocycles. The molecule has 0 spiro atoms. The van der Waals surface area contributed by atoms with Gasteiger partial charge in [-0.05, 0) is 12.1 Å². The third-order valence-electron chi connectivity index (χ3n) is 2.55. The highest BCUT2D eigenvalue weighted by atomic mass is 32.2. The molecule has 0 saturated heterocycles. The summed E-state index contributed by atoms with van der Waals surface area (Å²) in [6, 6.07) is 8.92. The molecule has 0 atom stereocenters. The van der Waals surface area contributed by atoms with Crippen LogP contribution in [0.3, 0.4) is 0 Å². The summed E-state index contributed by atoms with van der Waals surface area (Å²) in [6.45, 7) is 0. The molecule has 1 aromatic carbocycles. The second-order valence-corrected chi connectivity index (χ2v) is 6.23. The molecule has 0 saturated carbocycles. The quantitative estimate of drug-likeness (QED) is 0.778. The summed E-state index contributed by atoms with van der Waals surface area (Å²) in [7, 11) is -3.98. The maximum absolute atomic E-state index is 11.7. The van der Waals surface area contributed by atoms with E-state index in [1.165, 1.54) is 15.9 Å². The smallest absolute Gasteiger partial charge is 0.264 e. The number of benzene rings is 1. The Kier molecular flexibility index (Phi) is 3.08. The van der Waals surface area contributed by atoms with Gasteiger partial charge in [-0.25, -0.2) is 13.6 Å². The van der Waals surface area contributed by atoms with Gasteiger partial charge in [0.2, 0.25) is 0 Å². The lowest BCUT2D eigenvalue weighted by atomic mass is 10.3. The molecule has 0 unspecified atom stereocenters. The fraction of sp³-hybridized carbons (Fsp3) is 0. The first-order valence-corrected chi connectivity index (χ1v) is 7.92. The minimum absolute atomic E-state index is 0.299. The van der Waals surface area contributed by atoms with Gasteiger partial charge in [-0.1, -0.05) is 18.2 Å². The van der Waals surface area contributed by atoms with Gasteiger partial charge in [0.1, 0.15) is 0 Å². The highest BCUT2D eigenvalue weighted by molar-refractivity contribution is 7.89. The van der Waals surface area contributed by atoms with Gasteiger partial charge in [0.25, 0.3) is 15.2 Å². The first-order valence-electron chi connectivity index (χ1n) is 5.50. The number of para-hydroxylation sites is 1.